The van der Waals surface area contributed by atoms with E-state index in [0.29, 0.717) is 0 Å². The normalized spacial score (nSPS) is 11.5. The Labute approximate surface area is 149 Å². The van der Waals surface area contributed by atoms with Crippen LogP contribution in [0.1, 0.15) is 25.0 Å². The Morgan fingerprint density at radius 2 is 1.52 bits per heavy atom. The molecule has 1 N–H and O–H groups in total. The molecule has 0 atom stereocenters. The molecule has 5 nitrogen and oxygen atoms in total. The van der Waals surface area contributed by atoms with Crippen molar-refractivity contribution in [3.8, 4) is 0 Å². The number of benzene rings is 2. The molecule has 0 aliphatic rings. The minimum atomic E-state index is -3.69. The summed E-state index contributed by atoms with van der Waals surface area (Å²) in [6, 6.07) is 14.0. The lowest BCUT2D eigenvalue weighted by Gasteiger charge is -2.19. The van der Waals surface area contributed by atoms with Gasteiger partial charge in [0.2, 0.25) is 15.9 Å². The molecule has 0 bridgehead atoms. The van der Waals surface area contributed by atoms with E-state index in [2.05, 4.69) is 5.32 Å². The Kier molecular flexibility index (Phi) is 6.33. The molecule has 0 aliphatic carbocycles. The third-order valence-electron chi connectivity index (χ3n) is 4.08. The van der Waals surface area contributed by atoms with E-state index in [1.165, 1.54) is 19.2 Å². The second kappa shape index (κ2) is 8.27. The SMILES string of the molecule is CCc1cccc(CC)c1NC(=O)CN(C)S(=O)(=O)c1ccccc1. The number of hydrogen-bond acceptors (Lipinski definition) is 3. The number of sulfonamides is 1. The summed E-state index contributed by atoms with van der Waals surface area (Å²) >= 11 is 0. The highest BCUT2D eigenvalue weighted by molar-refractivity contribution is 7.89. The van der Waals surface area contributed by atoms with Gasteiger partial charge in [0.25, 0.3) is 0 Å². The molecular formula is C19H24N2O3S. The van der Waals surface area contributed by atoms with E-state index in [9.17, 15) is 13.2 Å². The highest BCUT2D eigenvalue weighted by Crippen LogP contribution is 2.22. The zero-order chi connectivity index (χ0) is 18.4. The predicted molar refractivity (Wildman–Crippen MR) is 100 cm³/mol. The smallest absolute Gasteiger partial charge is 0.243 e. The van der Waals surface area contributed by atoms with Crippen LogP contribution < -0.4 is 5.32 Å². The summed E-state index contributed by atoms with van der Waals surface area (Å²) in [6.45, 7) is 3.81. The molecule has 0 fully saturated rings. The minimum absolute atomic E-state index is 0.175. The summed E-state index contributed by atoms with van der Waals surface area (Å²) in [7, 11) is -2.27. The van der Waals surface area contributed by atoms with Crippen LogP contribution >= 0.6 is 0 Å². The van der Waals surface area contributed by atoms with Gasteiger partial charge in [-0.1, -0.05) is 50.2 Å². The number of nitrogens with zero attached hydrogens (tertiary/aromatic N) is 1. The van der Waals surface area contributed by atoms with Gasteiger partial charge in [0.15, 0.2) is 0 Å². The fourth-order valence-electron chi connectivity index (χ4n) is 2.64. The van der Waals surface area contributed by atoms with Crippen LogP contribution in [0.15, 0.2) is 53.4 Å². The van der Waals surface area contributed by atoms with Crippen LogP contribution in [0.25, 0.3) is 0 Å². The number of carbonyl (C=O) groups is 1. The molecule has 1 amide bonds. The second-order valence-electron chi connectivity index (χ2n) is 5.78. The standard InChI is InChI=1S/C19H24N2O3S/c1-4-15-10-9-11-16(5-2)19(15)20-18(22)14-21(3)25(23,24)17-12-7-6-8-13-17/h6-13H,4-5,14H2,1-3H3,(H,20,22). The van der Waals surface area contributed by atoms with E-state index in [1.807, 2.05) is 32.0 Å². The first-order chi connectivity index (χ1) is 11.9. The Morgan fingerprint density at radius 3 is 2.04 bits per heavy atom. The Balaban J connectivity index is 2.16. The first-order valence-electron chi connectivity index (χ1n) is 8.32. The van der Waals surface area contributed by atoms with E-state index in [-0.39, 0.29) is 17.3 Å². The molecule has 0 spiro atoms. The highest BCUT2D eigenvalue weighted by Gasteiger charge is 2.23. The third-order valence-corrected chi connectivity index (χ3v) is 5.90. The van der Waals surface area contributed by atoms with E-state index in [1.54, 1.807) is 18.2 Å². The number of para-hydroxylation sites is 1. The monoisotopic (exact) mass is 360 g/mol. The first kappa shape index (κ1) is 19.1. The lowest BCUT2D eigenvalue weighted by atomic mass is 10.0. The van der Waals surface area contributed by atoms with Gasteiger partial charge in [-0.2, -0.15) is 4.31 Å². The summed E-state index contributed by atoms with van der Waals surface area (Å²) in [5.74, 6) is -0.349. The van der Waals surface area contributed by atoms with Crippen LogP contribution in [0.2, 0.25) is 0 Å². The average Bonchev–Trinajstić information content (AvgIpc) is 2.62. The molecule has 134 valence electrons. The summed E-state index contributed by atoms with van der Waals surface area (Å²) in [5, 5.41) is 2.89. The summed E-state index contributed by atoms with van der Waals surface area (Å²) in [4.78, 5) is 12.6. The van der Waals surface area contributed by atoms with Gasteiger partial charge < -0.3 is 5.32 Å². The van der Waals surface area contributed by atoms with Crippen molar-refractivity contribution in [1.29, 1.82) is 0 Å². The molecule has 0 heterocycles. The van der Waals surface area contributed by atoms with Crippen molar-refractivity contribution in [3.63, 3.8) is 0 Å². The maximum atomic E-state index is 12.5. The quantitative estimate of drug-likeness (QED) is 0.825. The minimum Gasteiger partial charge on any atom is -0.324 e. The van der Waals surface area contributed by atoms with Crippen molar-refractivity contribution in [3.05, 3.63) is 59.7 Å². The maximum absolute atomic E-state index is 12.5. The van der Waals surface area contributed by atoms with E-state index in [0.717, 1.165) is 34.0 Å². The maximum Gasteiger partial charge on any atom is 0.243 e. The van der Waals surface area contributed by atoms with Crippen molar-refractivity contribution in [1.82, 2.24) is 4.31 Å². The number of aryl methyl sites for hydroxylation is 2. The number of amides is 1. The molecule has 6 heteroatoms. The molecular weight excluding hydrogens is 336 g/mol. The van der Waals surface area contributed by atoms with Gasteiger partial charge in [-0.25, -0.2) is 8.42 Å². The van der Waals surface area contributed by atoms with Crippen LogP contribution in [0.3, 0.4) is 0 Å². The molecule has 0 saturated heterocycles. The fourth-order valence-corrected chi connectivity index (χ4v) is 3.79. The zero-order valence-electron chi connectivity index (χ0n) is 14.8. The Hall–Kier alpha value is -2.18. The topological polar surface area (TPSA) is 66.5 Å². The number of carbonyl (C=O) groups excluding carboxylic acids is 1. The van der Waals surface area contributed by atoms with Crippen molar-refractivity contribution >= 4 is 21.6 Å². The van der Waals surface area contributed by atoms with Crippen LogP contribution in [-0.2, 0) is 27.7 Å². The number of anilines is 1. The van der Waals surface area contributed by atoms with Crippen LogP contribution in [0, 0.1) is 0 Å². The Morgan fingerprint density at radius 1 is 0.960 bits per heavy atom. The molecule has 0 aromatic heterocycles. The lowest BCUT2D eigenvalue weighted by molar-refractivity contribution is -0.116. The lowest BCUT2D eigenvalue weighted by Crippen LogP contribution is -2.35. The highest BCUT2D eigenvalue weighted by atomic mass is 32.2. The van der Waals surface area contributed by atoms with Gasteiger partial charge in [-0.15, -0.1) is 0 Å². The molecule has 2 aromatic rings. The summed E-state index contributed by atoms with van der Waals surface area (Å²) in [6.07, 6.45) is 1.59. The zero-order valence-corrected chi connectivity index (χ0v) is 15.6. The van der Waals surface area contributed by atoms with Crippen molar-refractivity contribution in [2.45, 2.75) is 31.6 Å². The van der Waals surface area contributed by atoms with Gasteiger partial charge in [-0.3, -0.25) is 4.79 Å². The molecule has 0 unspecified atom stereocenters. The van der Waals surface area contributed by atoms with Crippen molar-refractivity contribution in [2.75, 3.05) is 18.9 Å². The predicted octanol–water partition coefficient (Wildman–Crippen LogP) is 3.07. The number of hydrogen-bond donors (Lipinski definition) is 1. The van der Waals surface area contributed by atoms with Gasteiger partial charge in [-0.05, 0) is 36.1 Å². The van der Waals surface area contributed by atoms with E-state index in [4.69, 9.17) is 0 Å². The molecule has 0 saturated carbocycles. The van der Waals surface area contributed by atoms with Gasteiger partial charge >= 0.3 is 0 Å². The number of rotatable bonds is 7. The van der Waals surface area contributed by atoms with E-state index < -0.39 is 10.0 Å². The largest absolute Gasteiger partial charge is 0.324 e. The van der Waals surface area contributed by atoms with Gasteiger partial charge in [0.1, 0.15) is 0 Å². The number of nitrogens with one attached hydrogen (secondary N) is 1. The van der Waals surface area contributed by atoms with Crippen LogP contribution in [-0.4, -0.2) is 32.2 Å². The second-order valence-corrected chi connectivity index (χ2v) is 7.83. The molecule has 0 radical (unpaired) electrons. The molecule has 25 heavy (non-hydrogen) atoms. The van der Waals surface area contributed by atoms with Crippen LogP contribution in [0.5, 0.6) is 0 Å². The third kappa shape index (κ3) is 4.46. The molecule has 2 rings (SSSR count). The van der Waals surface area contributed by atoms with Crippen LogP contribution in [0.4, 0.5) is 5.69 Å². The Bertz CT molecular complexity index is 811. The molecule has 0 aliphatic heterocycles. The van der Waals surface area contributed by atoms with Gasteiger partial charge in [0, 0.05) is 12.7 Å². The van der Waals surface area contributed by atoms with E-state index >= 15 is 0 Å². The fraction of sp³-hybridized carbons (Fsp3) is 0.316. The summed E-state index contributed by atoms with van der Waals surface area (Å²) < 4.78 is 26.1. The first-order valence-corrected chi connectivity index (χ1v) is 9.76. The van der Waals surface area contributed by atoms with Crippen molar-refractivity contribution < 1.29 is 13.2 Å². The van der Waals surface area contributed by atoms with Gasteiger partial charge in [0.05, 0.1) is 11.4 Å². The summed E-state index contributed by atoms with van der Waals surface area (Å²) in [5.41, 5.74) is 2.88. The number of likely N-dealkylation sites (N-methyl/N-ethyl adjacent to an activating group) is 1. The molecule has 2 aromatic carbocycles. The van der Waals surface area contributed by atoms with Crippen molar-refractivity contribution in [2.24, 2.45) is 0 Å². The average molecular weight is 360 g/mol.